The molecule has 3 fully saturated rings. The Hall–Kier alpha value is -3.03. The minimum atomic E-state index is -0.783. The molecular formula is C24H30N4O4. The molecule has 5 rings (SSSR count). The molecule has 1 aliphatic carbocycles. The number of imide groups is 1. The monoisotopic (exact) mass is 438 g/mol. The lowest BCUT2D eigenvalue weighted by atomic mass is 9.89. The minimum Gasteiger partial charge on any atom is -0.497 e. The van der Waals surface area contributed by atoms with Crippen molar-refractivity contribution in [3.8, 4) is 5.75 Å². The summed E-state index contributed by atoms with van der Waals surface area (Å²) in [5.41, 5.74) is 1.54. The van der Waals surface area contributed by atoms with Crippen LogP contribution in [0.1, 0.15) is 56.9 Å². The zero-order valence-electron chi connectivity index (χ0n) is 18.6. The van der Waals surface area contributed by atoms with Crippen LogP contribution in [0.2, 0.25) is 0 Å². The van der Waals surface area contributed by atoms with Gasteiger partial charge in [-0.3, -0.25) is 9.59 Å². The zero-order chi connectivity index (χ0) is 22.5. The second kappa shape index (κ2) is 7.83. The molecule has 1 atom stereocenters. The van der Waals surface area contributed by atoms with Gasteiger partial charge in [-0.2, -0.15) is 0 Å². The lowest BCUT2D eigenvalue weighted by Gasteiger charge is -2.35. The van der Waals surface area contributed by atoms with Crippen molar-refractivity contribution in [1.82, 2.24) is 20.1 Å². The molecule has 2 N–H and O–H groups in total. The molecule has 170 valence electrons. The Balaban J connectivity index is 1.26. The largest absolute Gasteiger partial charge is 0.497 e. The summed E-state index contributed by atoms with van der Waals surface area (Å²) in [6, 6.07) is 4.80. The first-order valence-electron chi connectivity index (χ1n) is 11.5. The predicted octanol–water partition coefficient (Wildman–Crippen LogP) is 3.14. The second-order valence-electron chi connectivity index (χ2n) is 9.33. The van der Waals surface area contributed by atoms with Crippen LogP contribution in [-0.4, -0.2) is 64.4 Å². The fourth-order valence-electron chi connectivity index (χ4n) is 5.68. The van der Waals surface area contributed by atoms with Crippen LogP contribution in [0, 0.1) is 0 Å². The number of amides is 4. The number of rotatable bonds is 4. The van der Waals surface area contributed by atoms with Gasteiger partial charge in [0.05, 0.1) is 7.11 Å². The highest BCUT2D eigenvalue weighted by molar-refractivity contribution is 6.10. The topological polar surface area (TPSA) is 94.7 Å². The van der Waals surface area contributed by atoms with Crippen LogP contribution in [0.3, 0.4) is 0 Å². The van der Waals surface area contributed by atoms with Crippen molar-refractivity contribution < 1.29 is 19.1 Å². The number of methoxy groups -OCH3 is 1. The van der Waals surface area contributed by atoms with Crippen LogP contribution in [0.5, 0.6) is 5.75 Å². The molecular weight excluding hydrogens is 408 g/mol. The van der Waals surface area contributed by atoms with E-state index in [2.05, 4.69) is 22.6 Å². The van der Waals surface area contributed by atoms with Crippen molar-refractivity contribution in [2.24, 2.45) is 0 Å². The van der Waals surface area contributed by atoms with E-state index in [1.165, 1.54) is 5.56 Å². The van der Waals surface area contributed by atoms with E-state index in [1.54, 1.807) is 18.9 Å². The lowest BCUT2D eigenvalue weighted by molar-refractivity contribution is -0.143. The summed E-state index contributed by atoms with van der Waals surface area (Å²) >= 11 is 0. The first-order valence-corrected chi connectivity index (χ1v) is 11.5. The SMILES string of the molecule is COc1ccc2[nH]cc(C3CCN(C(=O)C(C)N4C(=O)NC5(CCCC5)C4=O)CC3)c2c1. The molecule has 2 aromatic rings. The number of nitrogens with zero attached hydrogens (tertiary/aromatic N) is 2. The van der Waals surface area contributed by atoms with E-state index in [0.717, 1.165) is 47.2 Å². The maximum absolute atomic E-state index is 13.2. The number of likely N-dealkylation sites (tertiary alicyclic amines) is 1. The molecule has 32 heavy (non-hydrogen) atoms. The summed E-state index contributed by atoms with van der Waals surface area (Å²) < 4.78 is 5.38. The molecule has 1 aromatic heterocycles. The van der Waals surface area contributed by atoms with Crippen molar-refractivity contribution >= 4 is 28.7 Å². The van der Waals surface area contributed by atoms with Crippen molar-refractivity contribution in [1.29, 1.82) is 0 Å². The second-order valence-corrected chi connectivity index (χ2v) is 9.33. The highest BCUT2D eigenvalue weighted by Gasteiger charge is 2.54. The Kier molecular flexibility index (Phi) is 5.10. The fraction of sp³-hybridized carbons (Fsp3) is 0.542. The highest BCUT2D eigenvalue weighted by Crippen LogP contribution is 2.37. The Morgan fingerprint density at radius 1 is 1.19 bits per heavy atom. The van der Waals surface area contributed by atoms with E-state index < -0.39 is 17.6 Å². The smallest absolute Gasteiger partial charge is 0.325 e. The molecule has 3 aliphatic rings. The van der Waals surface area contributed by atoms with E-state index in [1.807, 2.05) is 12.1 Å². The number of aromatic nitrogens is 1. The number of benzene rings is 1. The number of carbonyl (C=O) groups is 3. The molecule has 0 bridgehead atoms. The van der Waals surface area contributed by atoms with Crippen LogP contribution in [0.4, 0.5) is 4.79 Å². The van der Waals surface area contributed by atoms with E-state index in [0.29, 0.717) is 31.8 Å². The van der Waals surface area contributed by atoms with Crippen molar-refractivity contribution in [3.63, 3.8) is 0 Å². The lowest BCUT2D eigenvalue weighted by Crippen LogP contribution is -2.52. The molecule has 1 saturated carbocycles. The Morgan fingerprint density at radius 3 is 2.59 bits per heavy atom. The number of ether oxygens (including phenoxy) is 1. The molecule has 2 aliphatic heterocycles. The van der Waals surface area contributed by atoms with Gasteiger partial charge in [0.15, 0.2) is 0 Å². The third kappa shape index (κ3) is 3.24. The van der Waals surface area contributed by atoms with Gasteiger partial charge in [0.25, 0.3) is 5.91 Å². The van der Waals surface area contributed by atoms with Gasteiger partial charge in [0.2, 0.25) is 5.91 Å². The summed E-state index contributed by atoms with van der Waals surface area (Å²) in [6.45, 7) is 2.89. The molecule has 1 aromatic carbocycles. The third-order valence-electron chi connectivity index (χ3n) is 7.56. The number of carbonyl (C=O) groups excluding carboxylic acids is 3. The number of H-pyrrole nitrogens is 1. The van der Waals surface area contributed by atoms with Crippen LogP contribution >= 0.6 is 0 Å². The Labute approximate surface area is 187 Å². The molecule has 1 spiro atoms. The van der Waals surface area contributed by atoms with Crippen LogP contribution < -0.4 is 10.1 Å². The van der Waals surface area contributed by atoms with Crippen LogP contribution in [0.15, 0.2) is 24.4 Å². The summed E-state index contributed by atoms with van der Waals surface area (Å²) in [5, 5.41) is 4.03. The van der Waals surface area contributed by atoms with Crippen molar-refractivity contribution in [2.45, 2.75) is 62.9 Å². The third-order valence-corrected chi connectivity index (χ3v) is 7.56. The van der Waals surface area contributed by atoms with E-state index in [4.69, 9.17) is 4.74 Å². The number of nitrogens with one attached hydrogen (secondary N) is 2. The number of hydrogen-bond donors (Lipinski definition) is 2. The van der Waals surface area contributed by atoms with Crippen LogP contribution in [0.25, 0.3) is 10.9 Å². The zero-order valence-corrected chi connectivity index (χ0v) is 18.6. The first kappa shape index (κ1) is 20.8. The first-order chi connectivity index (χ1) is 15.4. The summed E-state index contributed by atoms with van der Waals surface area (Å²) in [7, 11) is 1.67. The Bertz CT molecular complexity index is 1060. The molecule has 2 saturated heterocycles. The van der Waals surface area contributed by atoms with Crippen LogP contribution in [-0.2, 0) is 9.59 Å². The average molecular weight is 439 g/mol. The summed E-state index contributed by atoms with van der Waals surface area (Å²) in [5.74, 6) is 0.785. The van der Waals surface area contributed by atoms with E-state index in [9.17, 15) is 14.4 Å². The number of urea groups is 1. The number of fused-ring (bicyclic) bond motifs is 1. The van der Waals surface area contributed by atoms with Gasteiger partial charge < -0.3 is 19.9 Å². The average Bonchev–Trinajstić information content (AvgIpc) is 3.51. The quantitative estimate of drug-likeness (QED) is 0.717. The molecule has 4 amide bonds. The van der Waals surface area contributed by atoms with Crippen molar-refractivity contribution in [2.75, 3.05) is 20.2 Å². The highest BCUT2D eigenvalue weighted by atomic mass is 16.5. The Morgan fingerprint density at radius 2 is 1.91 bits per heavy atom. The van der Waals surface area contributed by atoms with Gasteiger partial charge in [-0.1, -0.05) is 12.8 Å². The fourth-order valence-corrected chi connectivity index (χ4v) is 5.68. The summed E-state index contributed by atoms with van der Waals surface area (Å²) in [4.78, 5) is 45.1. The minimum absolute atomic E-state index is 0.150. The van der Waals surface area contributed by atoms with E-state index in [-0.39, 0.29) is 11.8 Å². The van der Waals surface area contributed by atoms with Gasteiger partial charge in [-0.05, 0) is 62.3 Å². The number of aromatic amines is 1. The van der Waals surface area contributed by atoms with Gasteiger partial charge in [-0.25, -0.2) is 9.69 Å². The maximum Gasteiger partial charge on any atom is 0.325 e. The standard InChI is InChI=1S/C24H30N4O4/c1-15(28-22(30)24(26-23(28)31)9-3-4-10-24)21(29)27-11-7-16(8-12-27)19-14-25-20-6-5-17(32-2)13-18(19)20/h5-6,13-16,25H,3-4,7-12H2,1-2H3,(H,26,31). The van der Waals surface area contributed by atoms with E-state index >= 15 is 0 Å². The van der Waals surface area contributed by atoms with Gasteiger partial charge in [0, 0.05) is 30.2 Å². The molecule has 8 heteroatoms. The molecule has 3 heterocycles. The molecule has 0 radical (unpaired) electrons. The molecule has 1 unspecified atom stereocenters. The molecule has 8 nitrogen and oxygen atoms in total. The summed E-state index contributed by atoms with van der Waals surface area (Å²) in [6.07, 6.45) is 6.92. The normalized spacial score (nSPS) is 22.1. The van der Waals surface area contributed by atoms with Crippen molar-refractivity contribution in [3.05, 3.63) is 30.0 Å². The predicted molar refractivity (Wildman–Crippen MR) is 119 cm³/mol. The number of piperidine rings is 1. The number of hydrogen-bond acceptors (Lipinski definition) is 4. The van der Waals surface area contributed by atoms with Gasteiger partial charge in [0.1, 0.15) is 17.3 Å². The van der Waals surface area contributed by atoms with Gasteiger partial charge >= 0.3 is 6.03 Å². The maximum atomic E-state index is 13.2. The van der Waals surface area contributed by atoms with Gasteiger partial charge in [-0.15, -0.1) is 0 Å².